The van der Waals surface area contributed by atoms with Gasteiger partial charge in [0.15, 0.2) is 5.58 Å². The number of hydrogen-bond acceptors (Lipinski definition) is 4. The molecule has 0 unspecified atom stereocenters. The fourth-order valence-electron chi connectivity index (χ4n) is 3.86. The van der Waals surface area contributed by atoms with E-state index in [4.69, 9.17) is 4.42 Å². The highest BCUT2D eigenvalue weighted by atomic mass is 16.3. The standard InChI is InChI=1S/C18H21N3O3/c1-2-12-7-9-18(10-8-12)16(22)21(17(23)20-18)11-15-19-13-5-3-4-6-14(13)24-15/h3-6,12H,2,7-11H2,1H3,(H,20,23). The molecule has 1 aromatic carbocycles. The van der Waals surface area contributed by atoms with Crippen LogP contribution < -0.4 is 5.32 Å². The monoisotopic (exact) mass is 327 g/mol. The van der Waals surface area contributed by atoms with Crippen molar-refractivity contribution in [1.29, 1.82) is 0 Å². The molecule has 2 heterocycles. The smallest absolute Gasteiger partial charge is 0.325 e. The van der Waals surface area contributed by atoms with Crippen LogP contribution >= 0.6 is 0 Å². The molecule has 24 heavy (non-hydrogen) atoms. The minimum Gasteiger partial charge on any atom is -0.439 e. The van der Waals surface area contributed by atoms with E-state index < -0.39 is 5.54 Å². The maximum absolute atomic E-state index is 12.9. The summed E-state index contributed by atoms with van der Waals surface area (Å²) >= 11 is 0. The third-order valence-corrected chi connectivity index (χ3v) is 5.41. The molecule has 0 atom stereocenters. The van der Waals surface area contributed by atoms with Gasteiger partial charge in [-0.25, -0.2) is 9.78 Å². The van der Waals surface area contributed by atoms with Crippen molar-refractivity contribution >= 4 is 23.0 Å². The number of benzene rings is 1. The van der Waals surface area contributed by atoms with Crippen molar-refractivity contribution in [3.05, 3.63) is 30.2 Å². The maximum atomic E-state index is 12.9. The van der Waals surface area contributed by atoms with Crippen LogP contribution in [0.25, 0.3) is 11.1 Å². The average molecular weight is 327 g/mol. The fraction of sp³-hybridized carbons (Fsp3) is 0.500. The summed E-state index contributed by atoms with van der Waals surface area (Å²) in [6.07, 6.45) is 4.55. The summed E-state index contributed by atoms with van der Waals surface area (Å²) in [5.41, 5.74) is 0.685. The largest absolute Gasteiger partial charge is 0.439 e. The number of carbonyl (C=O) groups is 2. The van der Waals surface area contributed by atoms with E-state index in [1.807, 2.05) is 24.3 Å². The number of nitrogens with zero attached hydrogens (tertiary/aromatic N) is 2. The molecule has 1 aromatic heterocycles. The van der Waals surface area contributed by atoms with Gasteiger partial charge < -0.3 is 9.73 Å². The molecule has 126 valence electrons. The van der Waals surface area contributed by atoms with Gasteiger partial charge >= 0.3 is 6.03 Å². The van der Waals surface area contributed by atoms with E-state index in [1.54, 1.807) is 0 Å². The second-order valence-corrected chi connectivity index (χ2v) is 6.83. The number of nitrogens with one attached hydrogen (secondary N) is 1. The van der Waals surface area contributed by atoms with Crippen molar-refractivity contribution in [3.63, 3.8) is 0 Å². The van der Waals surface area contributed by atoms with E-state index in [2.05, 4.69) is 17.2 Å². The number of urea groups is 1. The Kier molecular flexibility index (Phi) is 3.55. The molecule has 0 bridgehead atoms. The zero-order chi connectivity index (χ0) is 16.7. The number of rotatable bonds is 3. The summed E-state index contributed by atoms with van der Waals surface area (Å²) in [5, 5.41) is 2.94. The zero-order valence-electron chi connectivity index (χ0n) is 13.7. The molecule has 6 heteroatoms. The predicted molar refractivity (Wildman–Crippen MR) is 88.1 cm³/mol. The molecular formula is C18H21N3O3. The molecule has 0 radical (unpaired) electrons. The quantitative estimate of drug-likeness (QED) is 0.878. The maximum Gasteiger partial charge on any atom is 0.325 e. The van der Waals surface area contributed by atoms with Crippen LogP contribution in [0.5, 0.6) is 0 Å². The molecule has 1 spiro atoms. The lowest BCUT2D eigenvalue weighted by Gasteiger charge is -2.34. The van der Waals surface area contributed by atoms with Crippen molar-refractivity contribution < 1.29 is 14.0 Å². The molecule has 1 N–H and O–H groups in total. The number of para-hydroxylation sites is 2. The summed E-state index contributed by atoms with van der Waals surface area (Å²) in [5.74, 6) is 0.912. The summed E-state index contributed by atoms with van der Waals surface area (Å²) in [4.78, 5) is 30.8. The van der Waals surface area contributed by atoms with Gasteiger partial charge in [-0.2, -0.15) is 0 Å². The van der Waals surface area contributed by atoms with Crippen LogP contribution in [0.3, 0.4) is 0 Å². The van der Waals surface area contributed by atoms with Gasteiger partial charge in [0.05, 0.1) is 0 Å². The molecule has 2 aromatic rings. The normalized spacial score (nSPS) is 27.2. The average Bonchev–Trinajstić information content (AvgIpc) is 3.10. The highest BCUT2D eigenvalue weighted by Gasteiger charge is 2.52. The molecule has 2 aliphatic rings. The lowest BCUT2D eigenvalue weighted by Crippen LogP contribution is -2.49. The molecule has 4 rings (SSSR count). The van der Waals surface area contributed by atoms with Gasteiger partial charge in [0.25, 0.3) is 5.91 Å². The van der Waals surface area contributed by atoms with Gasteiger partial charge in [0.2, 0.25) is 5.89 Å². The molecule has 1 aliphatic heterocycles. The Morgan fingerprint density at radius 2 is 2.04 bits per heavy atom. The summed E-state index contributed by atoms with van der Waals surface area (Å²) in [6.45, 7) is 2.26. The molecule has 1 saturated carbocycles. The van der Waals surface area contributed by atoms with E-state index in [0.29, 0.717) is 17.4 Å². The van der Waals surface area contributed by atoms with Gasteiger partial charge in [0, 0.05) is 0 Å². The van der Waals surface area contributed by atoms with Gasteiger partial charge in [-0.15, -0.1) is 0 Å². The van der Waals surface area contributed by atoms with Crippen LogP contribution in [0.2, 0.25) is 0 Å². The van der Waals surface area contributed by atoms with Gasteiger partial charge in [0.1, 0.15) is 17.6 Å². The number of imide groups is 1. The number of aromatic nitrogens is 1. The van der Waals surface area contributed by atoms with Crippen molar-refractivity contribution in [1.82, 2.24) is 15.2 Å². The molecule has 1 saturated heterocycles. The summed E-state index contributed by atoms with van der Waals surface area (Å²) in [6, 6.07) is 7.08. The summed E-state index contributed by atoms with van der Waals surface area (Å²) < 4.78 is 5.65. The first kappa shape index (κ1) is 15.2. The van der Waals surface area contributed by atoms with Crippen LogP contribution in [0.15, 0.2) is 28.7 Å². The topological polar surface area (TPSA) is 75.4 Å². The van der Waals surface area contributed by atoms with E-state index in [0.717, 1.165) is 37.6 Å². The molecule has 6 nitrogen and oxygen atoms in total. The van der Waals surface area contributed by atoms with Gasteiger partial charge in [-0.05, 0) is 43.7 Å². The van der Waals surface area contributed by atoms with Gasteiger partial charge in [-0.3, -0.25) is 9.69 Å². The van der Waals surface area contributed by atoms with Crippen molar-refractivity contribution in [2.45, 2.75) is 51.1 Å². The lowest BCUT2D eigenvalue weighted by molar-refractivity contribution is -0.133. The Hall–Kier alpha value is -2.37. The Bertz CT molecular complexity index is 757. The second-order valence-electron chi connectivity index (χ2n) is 6.83. The van der Waals surface area contributed by atoms with Crippen LogP contribution in [-0.4, -0.2) is 27.4 Å². The minimum atomic E-state index is -0.714. The van der Waals surface area contributed by atoms with Gasteiger partial charge in [-0.1, -0.05) is 25.5 Å². The number of oxazole rings is 1. The Morgan fingerprint density at radius 3 is 2.75 bits per heavy atom. The number of fused-ring (bicyclic) bond motifs is 1. The van der Waals surface area contributed by atoms with Crippen LogP contribution in [0, 0.1) is 5.92 Å². The Morgan fingerprint density at radius 1 is 1.29 bits per heavy atom. The van der Waals surface area contributed by atoms with E-state index >= 15 is 0 Å². The minimum absolute atomic E-state index is 0.0816. The zero-order valence-corrected chi connectivity index (χ0v) is 13.7. The first-order valence-corrected chi connectivity index (χ1v) is 8.60. The van der Waals surface area contributed by atoms with Crippen molar-refractivity contribution in [2.75, 3.05) is 0 Å². The third kappa shape index (κ3) is 2.37. The first-order valence-electron chi connectivity index (χ1n) is 8.60. The van der Waals surface area contributed by atoms with Crippen molar-refractivity contribution in [2.24, 2.45) is 5.92 Å². The van der Waals surface area contributed by atoms with E-state index in [-0.39, 0.29) is 18.5 Å². The molecular weight excluding hydrogens is 306 g/mol. The highest BCUT2D eigenvalue weighted by Crippen LogP contribution is 2.38. The second kappa shape index (κ2) is 5.61. The molecule has 3 amide bonds. The van der Waals surface area contributed by atoms with E-state index in [9.17, 15) is 9.59 Å². The summed E-state index contributed by atoms with van der Waals surface area (Å²) in [7, 11) is 0. The highest BCUT2D eigenvalue weighted by molar-refractivity contribution is 6.07. The van der Waals surface area contributed by atoms with Crippen LogP contribution in [-0.2, 0) is 11.3 Å². The van der Waals surface area contributed by atoms with Crippen LogP contribution in [0.1, 0.15) is 44.9 Å². The number of carbonyl (C=O) groups excluding carboxylic acids is 2. The first-order chi connectivity index (χ1) is 11.6. The Labute approximate surface area is 140 Å². The third-order valence-electron chi connectivity index (χ3n) is 5.41. The molecule has 2 fully saturated rings. The predicted octanol–water partition coefficient (Wildman–Crippen LogP) is 3.22. The van der Waals surface area contributed by atoms with Crippen molar-refractivity contribution in [3.8, 4) is 0 Å². The lowest BCUT2D eigenvalue weighted by atomic mass is 9.75. The Balaban J connectivity index is 1.53. The van der Waals surface area contributed by atoms with E-state index in [1.165, 1.54) is 4.90 Å². The fourth-order valence-corrected chi connectivity index (χ4v) is 3.86. The molecule has 1 aliphatic carbocycles. The SMILES string of the molecule is CCC1CCC2(CC1)NC(=O)N(Cc1nc3ccccc3o1)C2=O. The number of amides is 3. The van der Waals surface area contributed by atoms with Crippen LogP contribution in [0.4, 0.5) is 4.79 Å². The number of hydrogen-bond donors (Lipinski definition) is 1.